The van der Waals surface area contributed by atoms with Crippen molar-refractivity contribution in [2.24, 2.45) is 0 Å². The van der Waals surface area contributed by atoms with Crippen molar-refractivity contribution in [2.45, 2.75) is 32.2 Å². The molecule has 1 aromatic carbocycles. The molecule has 152 valence electrons. The lowest BCUT2D eigenvalue weighted by Gasteiger charge is -2.29. The second kappa shape index (κ2) is 6.67. The van der Waals surface area contributed by atoms with Crippen LogP contribution in [-0.2, 0) is 0 Å². The van der Waals surface area contributed by atoms with Gasteiger partial charge in [-0.2, -0.15) is 0 Å². The topological polar surface area (TPSA) is 78.0 Å². The van der Waals surface area contributed by atoms with Crippen LogP contribution in [0.1, 0.15) is 41.4 Å². The molecular formula is C23H23N5O2. The maximum absolute atomic E-state index is 6.42. The Balaban J connectivity index is 1.63. The molecule has 2 atom stereocenters. The molecule has 1 fully saturated rings. The van der Waals surface area contributed by atoms with E-state index in [1.165, 1.54) is 0 Å². The summed E-state index contributed by atoms with van der Waals surface area (Å²) >= 11 is 0. The van der Waals surface area contributed by atoms with Crippen molar-refractivity contribution >= 4 is 11.0 Å². The molecule has 5 heterocycles. The van der Waals surface area contributed by atoms with E-state index < -0.39 is 0 Å². The van der Waals surface area contributed by atoms with Gasteiger partial charge in [0.1, 0.15) is 29.8 Å². The van der Waals surface area contributed by atoms with E-state index in [-0.39, 0.29) is 6.04 Å². The number of benzene rings is 1. The highest BCUT2D eigenvalue weighted by Crippen LogP contribution is 2.45. The van der Waals surface area contributed by atoms with Gasteiger partial charge in [-0.05, 0) is 51.1 Å². The standard InChI is InChI=1S/C23H23N5O2/c1-13-20(14(2)30-27-13)16-6-7-18-21-22(16)29-12-19(17-5-3-4-9-25-17)28(21)23(26-18)15-8-10-24-11-15/h3-7,9,15,19,24H,8,10-12H2,1-2H3/t15?,19-/m1/s1. The van der Waals surface area contributed by atoms with Crippen LogP contribution in [0.4, 0.5) is 0 Å². The summed E-state index contributed by atoms with van der Waals surface area (Å²) < 4.78 is 14.2. The first-order chi connectivity index (χ1) is 14.7. The largest absolute Gasteiger partial charge is 0.488 e. The van der Waals surface area contributed by atoms with Gasteiger partial charge in [-0.3, -0.25) is 4.98 Å². The Morgan fingerprint density at radius 3 is 2.83 bits per heavy atom. The van der Waals surface area contributed by atoms with Crippen molar-refractivity contribution in [1.29, 1.82) is 0 Å². The Labute approximate surface area is 174 Å². The Hall–Kier alpha value is -3.19. The maximum atomic E-state index is 6.42. The number of rotatable bonds is 3. The number of imidazole rings is 1. The van der Waals surface area contributed by atoms with E-state index in [1.54, 1.807) is 0 Å². The van der Waals surface area contributed by atoms with Gasteiger partial charge in [0.05, 0.1) is 22.5 Å². The number of hydrogen-bond acceptors (Lipinski definition) is 6. The summed E-state index contributed by atoms with van der Waals surface area (Å²) in [6.07, 6.45) is 2.93. The van der Waals surface area contributed by atoms with Crippen molar-refractivity contribution < 1.29 is 9.26 Å². The lowest BCUT2D eigenvalue weighted by atomic mass is 10.0. The van der Waals surface area contributed by atoms with Crippen molar-refractivity contribution in [2.75, 3.05) is 19.7 Å². The molecule has 30 heavy (non-hydrogen) atoms. The van der Waals surface area contributed by atoms with Crippen LogP contribution in [0.5, 0.6) is 5.75 Å². The van der Waals surface area contributed by atoms with Crippen LogP contribution in [0.25, 0.3) is 22.2 Å². The monoisotopic (exact) mass is 401 g/mol. The molecule has 0 radical (unpaired) electrons. The van der Waals surface area contributed by atoms with Crippen LogP contribution in [0.15, 0.2) is 41.1 Å². The van der Waals surface area contributed by atoms with Gasteiger partial charge in [-0.15, -0.1) is 0 Å². The molecule has 7 heteroatoms. The highest BCUT2D eigenvalue weighted by Gasteiger charge is 2.34. The van der Waals surface area contributed by atoms with E-state index in [9.17, 15) is 0 Å². The minimum absolute atomic E-state index is 0.000723. The summed E-state index contributed by atoms with van der Waals surface area (Å²) in [7, 11) is 0. The number of pyridine rings is 1. The molecule has 2 aliphatic heterocycles. The molecule has 4 aromatic rings. The molecule has 3 aromatic heterocycles. The molecule has 0 saturated carbocycles. The lowest BCUT2D eigenvalue weighted by Crippen LogP contribution is -2.27. The Morgan fingerprint density at radius 2 is 2.10 bits per heavy atom. The van der Waals surface area contributed by atoms with Crippen LogP contribution < -0.4 is 10.1 Å². The highest BCUT2D eigenvalue weighted by molar-refractivity contribution is 5.93. The number of nitrogens with one attached hydrogen (secondary N) is 1. The average Bonchev–Trinajstić information content (AvgIpc) is 3.50. The van der Waals surface area contributed by atoms with Crippen molar-refractivity contribution in [3.8, 4) is 16.9 Å². The second-order valence-corrected chi connectivity index (χ2v) is 8.12. The van der Waals surface area contributed by atoms with Crippen molar-refractivity contribution in [3.05, 3.63) is 59.5 Å². The zero-order valence-electron chi connectivity index (χ0n) is 17.1. The molecular weight excluding hydrogens is 378 g/mol. The number of aromatic nitrogens is 4. The van der Waals surface area contributed by atoms with Gasteiger partial charge >= 0.3 is 0 Å². The minimum atomic E-state index is -0.000723. The first kappa shape index (κ1) is 17.7. The molecule has 6 rings (SSSR count). The molecule has 0 amide bonds. The molecule has 0 bridgehead atoms. The zero-order chi connectivity index (χ0) is 20.2. The van der Waals surface area contributed by atoms with E-state index in [2.05, 4.69) is 38.2 Å². The fourth-order valence-corrected chi connectivity index (χ4v) is 4.89. The van der Waals surface area contributed by atoms with E-state index >= 15 is 0 Å². The first-order valence-corrected chi connectivity index (χ1v) is 10.4. The molecule has 0 aliphatic carbocycles. The third-order valence-electron chi connectivity index (χ3n) is 6.29. The summed E-state index contributed by atoms with van der Waals surface area (Å²) in [4.78, 5) is 9.73. The second-order valence-electron chi connectivity index (χ2n) is 8.12. The molecule has 1 saturated heterocycles. The van der Waals surface area contributed by atoms with Crippen LogP contribution in [-0.4, -0.2) is 39.4 Å². The number of ether oxygens (including phenoxy) is 1. The first-order valence-electron chi connectivity index (χ1n) is 10.4. The van der Waals surface area contributed by atoms with Crippen molar-refractivity contribution in [1.82, 2.24) is 25.0 Å². The van der Waals surface area contributed by atoms with Gasteiger partial charge in [0.25, 0.3) is 0 Å². The van der Waals surface area contributed by atoms with Crippen LogP contribution in [0, 0.1) is 13.8 Å². The average molecular weight is 401 g/mol. The molecule has 2 aliphatic rings. The van der Waals surface area contributed by atoms with E-state index in [4.69, 9.17) is 14.2 Å². The van der Waals surface area contributed by atoms with Crippen LogP contribution in [0.2, 0.25) is 0 Å². The van der Waals surface area contributed by atoms with E-state index in [0.29, 0.717) is 12.5 Å². The maximum Gasteiger partial charge on any atom is 0.153 e. The quantitative estimate of drug-likeness (QED) is 0.563. The van der Waals surface area contributed by atoms with E-state index in [1.807, 2.05) is 32.2 Å². The van der Waals surface area contributed by atoms with Crippen LogP contribution in [0.3, 0.4) is 0 Å². The van der Waals surface area contributed by atoms with Crippen LogP contribution >= 0.6 is 0 Å². The van der Waals surface area contributed by atoms with E-state index in [0.717, 1.165) is 70.4 Å². The molecule has 0 spiro atoms. The van der Waals surface area contributed by atoms with Gasteiger partial charge in [-0.1, -0.05) is 11.2 Å². The molecule has 7 nitrogen and oxygen atoms in total. The fraction of sp³-hybridized carbons (Fsp3) is 0.348. The lowest BCUT2D eigenvalue weighted by molar-refractivity contribution is 0.253. The van der Waals surface area contributed by atoms with Gasteiger partial charge in [0.15, 0.2) is 5.75 Å². The van der Waals surface area contributed by atoms with Gasteiger partial charge in [-0.25, -0.2) is 4.98 Å². The molecule has 1 N–H and O–H groups in total. The predicted molar refractivity (Wildman–Crippen MR) is 113 cm³/mol. The molecule has 1 unspecified atom stereocenters. The third-order valence-corrected chi connectivity index (χ3v) is 6.29. The Bertz CT molecular complexity index is 1220. The summed E-state index contributed by atoms with van der Waals surface area (Å²) in [5.41, 5.74) is 5.87. The number of hydrogen-bond donors (Lipinski definition) is 1. The smallest absolute Gasteiger partial charge is 0.153 e. The number of aryl methyl sites for hydroxylation is 2. The fourth-order valence-electron chi connectivity index (χ4n) is 4.89. The summed E-state index contributed by atoms with van der Waals surface area (Å²) in [6.45, 7) is 6.40. The number of nitrogens with zero attached hydrogens (tertiary/aromatic N) is 4. The van der Waals surface area contributed by atoms with Gasteiger partial charge in [0.2, 0.25) is 0 Å². The van der Waals surface area contributed by atoms with Crippen molar-refractivity contribution in [3.63, 3.8) is 0 Å². The summed E-state index contributed by atoms with van der Waals surface area (Å²) in [5, 5.41) is 7.63. The van der Waals surface area contributed by atoms with Gasteiger partial charge in [0, 0.05) is 24.2 Å². The summed E-state index contributed by atoms with van der Waals surface area (Å²) in [6, 6.07) is 10.2. The minimum Gasteiger partial charge on any atom is -0.488 e. The van der Waals surface area contributed by atoms with Gasteiger partial charge < -0.3 is 19.1 Å². The Kier molecular flexibility index (Phi) is 3.92. The Morgan fingerprint density at radius 1 is 1.17 bits per heavy atom. The summed E-state index contributed by atoms with van der Waals surface area (Å²) in [5.74, 6) is 3.16. The highest BCUT2D eigenvalue weighted by atomic mass is 16.5. The normalized spacial score (nSPS) is 20.6. The predicted octanol–water partition coefficient (Wildman–Crippen LogP) is 3.76. The third kappa shape index (κ3) is 2.51. The zero-order valence-corrected chi connectivity index (χ0v) is 17.1. The SMILES string of the molecule is Cc1noc(C)c1-c1ccc2nc(C3CCNC3)n3c2c1OC[C@@H]3c1ccccn1.